The Hall–Kier alpha value is -1.39. The first-order valence-electron chi connectivity index (χ1n) is 8.72. The average Bonchev–Trinajstić information content (AvgIpc) is 2.49. The highest BCUT2D eigenvalue weighted by Gasteiger charge is 2.19. The smallest absolute Gasteiger partial charge is 0.238 e. The molecule has 1 aliphatic rings. The summed E-state index contributed by atoms with van der Waals surface area (Å²) in [6.07, 6.45) is 0. The number of nitrogens with zero attached hydrogens (tertiary/aromatic N) is 2. The number of hydrogen-bond donors (Lipinski definition) is 1. The van der Waals surface area contributed by atoms with Crippen molar-refractivity contribution in [1.29, 1.82) is 0 Å². The van der Waals surface area contributed by atoms with Crippen LogP contribution in [0, 0.1) is 0 Å². The van der Waals surface area contributed by atoms with Crippen LogP contribution in [0.25, 0.3) is 0 Å². The van der Waals surface area contributed by atoms with E-state index in [4.69, 9.17) is 0 Å². The number of benzene rings is 1. The molecule has 0 aromatic heterocycles. The zero-order valence-corrected chi connectivity index (χ0v) is 15.2. The molecular formula is C19H31N3O. The minimum Gasteiger partial charge on any atom is -0.324 e. The Morgan fingerprint density at radius 3 is 2.04 bits per heavy atom. The summed E-state index contributed by atoms with van der Waals surface area (Å²) in [6, 6.07) is 6.35. The number of para-hydroxylation sites is 1. The Kier molecular flexibility index (Phi) is 6.19. The molecule has 0 unspecified atom stereocenters. The molecule has 128 valence electrons. The van der Waals surface area contributed by atoms with Crippen molar-refractivity contribution < 1.29 is 4.79 Å². The summed E-state index contributed by atoms with van der Waals surface area (Å²) in [5.74, 6) is 0.893. The van der Waals surface area contributed by atoms with Crippen LogP contribution in [0.3, 0.4) is 0 Å². The molecule has 0 saturated carbocycles. The van der Waals surface area contributed by atoms with Crippen molar-refractivity contribution in [3.05, 3.63) is 29.3 Å². The molecule has 4 heteroatoms. The molecule has 0 bridgehead atoms. The number of piperazine rings is 1. The van der Waals surface area contributed by atoms with Gasteiger partial charge in [-0.2, -0.15) is 0 Å². The van der Waals surface area contributed by atoms with Crippen LogP contribution >= 0.6 is 0 Å². The van der Waals surface area contributed by atoms with E-state index in [2.05, 4.69) is 68.1 Å². The number of carbonyl (C=O) groups excluding carboxylic acids is 1. The molecule has 1 N–H and O–H groups in total. The maximum absolute atomic E-state index is 12.5. The first-order chi connectivity index (χ1) is 10.9. The van der Waals surface area contributed by atoms with E-state index < -0.39 is 0 Å². The van der Waals surface area contributed by atoms with Gasteiger partial charge in [-0.1, -0.05) is 45.9 Å². The topological polar surface area (TPSA) is 35.6 Å². The normalized spacial score (nSPS) is 17.0. The van der Waals surface area contributed by atoms with Crippen molar-refractivity contribution in [2.75, 3.05) is 45.1 Å². The van der Waals surface area contributed by atoms with Crippen LogP contribution in [0.1, 0.15) is 50.7 Å². The van der Waals surface area contributed by atoms with Gasteiger partial charge in [0.05, 0.1) is 6.54 Å². The summed E-state index contributed by atoms with van der Waals surface area (Å²) in [6.45, 7) is 13.2. The van der Waals surface area contributed by atoms with Gasteiger partial charge in [0.25, 0.3) is 0 Å². The van der Waals surface area contributed by atoms with Crippen LogP contribution in [0.15, 0.2) is 18.2 Å². The quantitative estimate of drug-likeness (QED) is 0.906. The van der Waals surface area contributed by atoms with Crippen LogP contribution in [0.5, 0.6) is 0 Å². The van der Waals surface area contributed by atoms with E-state index in [0.717, 1.165) is 31.9 Å². The van der Waals surface area contributed by atoms with Gasteiger partial charge >= 0.3 is 0 Å². The molecule has 4 nitrogen and oxygen atoms in total. The van der Waals surface area contributed by atoms with Crippen LogP contribution in [-0.2, 0) is 4.79 Å². The van der Waals surface area contributed by atoms with Gasteiger partial charge in [-0.15, -0.1) is 0 Å². The Morgan fingerprint density at radius 2 is 1.57 bits per heavy atom. The summed E-state index contributed by atoms with van der Waals surface area (Å²) in [7, 11) is 2.13. The highest BCUT2D eigenvalue weighted by atomic mass is 16.2. The lowest BCUT2D eigenvalue weighted by molar-refractivity contribution is -0.117. The fourth-order valence-electron chi connectivity index (χ4n) is 3.08. The van der Waals surface area contributed by atoms with Crippen LogP contribution in [0.4, 0.5) is 5.69 Å². The van der Waals surface area contributed by atoms with Gasteiger partial charge in [0.15, 0.2) is 0 Å². The first-order valence-corrected chi connectivity index (χ1v) is 8.72. The van der Waals surface area contributed by atoms with E-state index in [1.165, 1.54) is 11.1 Å². The van der Waals surface area contributed by atoms with Crippen molar-refractivity contribution in [1.82, 2.24) is 9.80 Å². The maximum Gasteiger partial charge on any atom is 0.238 e. The highest BCUT2D eigenvalue weighted by Crippen LogP contribution is 2.32. The van der Waals surface area contributed by atoms with Crippen molar-refractivity contribution in [3.8, 4) is 0 Å². The van der Waals surface area contributed by atoms with Gasteiger partial charge in [0.1, 0.15) is 0 Å². The molecule has 0 spiro atoms. The number of likely N-dealkylation sites (N-methyl/N-ethyl adjacent to an activating group) is 1. The molecule has 1 heterocycles. The number of nitrogens with one attached hydrogen (secondary N) is 1. The molecule has 2 rings (SSSR count). The summed E-state index contributed by atoms with van der Waals surface area (Å²) < 4.78 is 0. The third-order valence-electron chi connectivity index (χ3n) is 4.60. The molecule has 1 aliphatic heterocycles. The molecule has 1 aromatic carbocycles. The first kappa shape index (κ1) is 18.0. The third kappa shape index (κ3) is 4.79. The Bertz CT molecular complexity index is 505. The van der Waals surface area contributed by atoms with E-state index >= 15 is 0 Å². The Balaban J connectivity index is 2.10. The van der Waals surface area contributed by atoms with Crippen molar-refractivity contribution in [3.63, 3.8) is 0 Å². The minimum atomic E-state index is 0.101. The maximum atomic E-state index is 12.5. The zero-order valence-electron chi connectivity index (χ0n) is 15.2. The van der Waals surface area contributed by atoms with Crippen molar-refractivity contribution in [2.24, 2.45) is 0 Å². The van der Waals surface area contributed by atoms with Crippen LogP contribution in [-0.4, -0.2) is 55.5 Å². The standard InChI is InChI=1S/C19H31N3O/c1-14(2)16-7-6-8-17(15(3)4)19(16)20-18(23)13-22-11-9-21(5)10-12-22/h6-8,14-15H,9-13H2,1-5H3,(H,20,23). The lowest BCUT2D eigenvalue weighted by Crippen LogP contribution is -2.47. The van der Waals surface area contributed by atoms with E-state index in [0.29, 0.717) is 18.4 Å². The summed E-state index contributed by atoms with van der Waals surface area (Å²) in [5, 5.41) is 3.21. The second-order valence-corrected chi connectivity index (χ2v) is 7.25. The number of rotatable bonds is 5. The average molecular weight is 317 g/mol. The predicted octanol–water partition coefficient (Wildman–Crippen LogP) is 3.12. The molecule has 0 radical (unpaired) electrons. The lowest BCUT2D eigenvalue weighted by atomic mass is 9.92. The van der Waals surface area contributed by atoms with E-state index in [9.17, 15) is 4.79 Å². The predicted molar refractivity (Wildman–Crippen MR) is 97.2 cm³/mol. The Labute approximate surface area is 140 Å². The SMILES string of the molecule is CC(C)c1cccc(C(C)C)c1NC(=O)CN1CCN(C)CC1. The van der Waals surface area contributed by atoms with Gasteiger partial charge in [0.2, 0.25) is 5.91 Å². The zero-order chi connectivity index (χ0) is 17.0. The molecule has 23 heavy (non-hydrogen) atoms. The van der Waals surface area contributed by atoms with E-state index in [1.807, 2.05) is 0 Å². The summed E-state index contributed by atoms with van der Waals surface area (Å²) in [5.41, 5.74) is 3.47. The van der Waals surface area contributed by atoms with Crippen molar-refractivity contribution in [2.45, 2.75) is 39.5 Å². The van der Waals surface area contributed by atoms with Crippen LogP contribution in [0.2, 0.25) is 0 Å². The van der Waals surface area contributed by atoms with Crippen molar-refractivity contribution >= 4 is 11.6 Å². The second-order valence-electron chi connectivity index (χ2n) is 7.25. The van der Waals surface area contributed by atoms with Crippen LogP contribution < -0.4 is 5.32 Å². The molecule has 0 atom stereocenters. The third-order valence-corrected chi connectivity index (χ3v) is 4.60. The van der Waals surface area contributed by atoms with Gasteiger partial charge < -0.3 is 10.2 Å². The van der Waals surface area contributed by atoms with Gasteiger partial charge in [-0.3, -0.25) is 9.69 Å². The largest absolute Gasteiger partial charge is 0.324 e. The molecule has 0 aliphatic carbocycles. The number of amides is 1. The molecule has 1 saturated heterocycles. The summed E-state index contributed by atoms with van der Waals surface area (Å²) >= 11 is 0. The Morgan fingerprint density at radius 1 is 1.04 bits per heavy atom. The number of anilines is 1. The van der Waals surface area contributed by atoms with Gasteiger partial charge in [0, 0.05) is 31.9 Å². The molecule has 1 aromatic rings. The monoisotopic (exact) mass is 317 g/mol. The van der Waals surface area contributed by atoms with E-state index in [-0.39, 0.29) is 5.91 Å². The number of carbonyl (C=O) groups is 1. The molecular weight excluding hydrogens is 286 g/mol. The number of hydrogen-bond acceptors (Lipinski definition) is 3. The lowest BCUT2D eigenvalue weighted by Gasteiger charge is -2.32. The molecule has 1 fully saturated rings. The second kappa shape index (κ2) is 7.93. The highest BCUT2D eigenvalue weighted by molar-refractivity contribution is 5.94. The molecule has 1 amide bonds. The minimum absolute atomic E-state index is 0.101. The summed E-state index contributed by atoms with van der Waals surface area (Å²) in [4.78, 5) is 17.1. The fourth-order valence-corrected chi connectivity index (χ4v) is 3.08. The van der Waals surface area contributed by atoms with E-state index in [1.54, 1.807) is 0 Å². The van der Waals surface area contributed by atoms with Gasteiger partial charge in [-0.25, -0.2) is 0 Å². The fraction of sp³-hybridized carbons (Fsp3) is 0.632. The van der Waals surface area contributed by atoms with Gasteiger partial charge in [-0.05, 0) is 30.0 Å².